The van der Waals surface area contributed by atoms with Crippen LogP contribution in [-0.2, 0) is 9.84 Å². The minimum atomic E-state index is -3.06. The van der Waals surface area contributed by atoms with Gasteiger partial charge in [-0.2, -0.15) is 12.6 Å². The van der Waals surface area contributed by atoms with Crippen LogP contribution in [0.1, 0.15) is 27.9 Å². The summed E-state index contributed by atoms with van der Waals surface area (Å²) in [6, 6.07) is 5.67. The van der Waals surface area contributed by atoms with Crippen LogP contribution in [0.5, 0.6) is 0 Å². The molecular weight excluding hydrogens is 382 g/mol. The van der Waals surface area contributed by atoms with E-state index in [0.29, 0.717) is 38.4 Å². The number of aryl methyl sites for hydroxylation is 1. The lowest BCUT2D eigenvalue weighted by atomic mass is 10.0. The number of amides is 1. The van der Waals surface area contributed by atoms with Crippen molar-refractivity contribution in [3.05, 3.63) is 34.9 Å². The van der Waals surface area contributed by atoms with E-state index in [1.807, 2.05) is 36.9 Å². The Kier molecular flexibility index (Phi) is 7.73. The van der Waals surface area contributed by atoms with E-state index in [1.165, 1.54) is 6.26 Å². The Morgan fingerprint density at radius 3 is 2.67 bits per heavy atom. The first kappa shape index (κ1) is 22.2. The van der Waals surface area contributed by atoms with Crippen LogP contribution in [0.2, 0.25) is 0 Å². The Hall–Kier alpha value is -1.09. The van der Waals surface area contributed by atoms with Gasteiger partial charge in [0.05, 0.1) is 5.75 Å². The molecule has 0 bridgehead atoms. The van der Waals surface area contributed by atoms with Gasteiger partial charge in [0, 0.05) is 55.8 Å². The summed E-state index contributed by atoms with van der Waals surface area (Å²) in [7, 11) is -3.06. The van der Waals surface area contributed by atoms with Crippen molar-refractivity contribution in [3.63, 3.8) is 0 Å². The summed E-state index contributed by atoms with van der Waals surface area (Å²) < 4.78 is 23.3. The van der Waals surface area contributed by atoms with Crippen molar-refractivity contribution in [2.45, 2.75) is 32.4 Å². The molecule has 2 N–H and O–H groups in total. The van der Waals surface area contributed by atoms with Crippen molar-refractivity contribution in [1.29, 1.82) is 0 Å². The molecule has 1 aliphatic heterocycles. The molecule has 2 rings (SSSR count). The number of hydrogen-bond acceptors (Lipinski definition) is 6. The van der Waals surface area contributed by atoms with Gasteiger partial charge in [0.1, 0.15) is 9.84 Å². The van der Waals surface area contributed by atoms with Crippen molar-refractivity contribution in [2.75, 3.05) is 43.9 Å². The Bertz CT molecular complexity index is 767. The Morgan fingerprint density at radius 2 is 2.04 bits per heavy atom. The van der Waals surface area contributed by atoms with Gasteiger partial charge in [-0.15, -0.1) is 0 Å². The highest BCUT2D eigenvalue weighted by atomic mass is 32.2. The van der Waals surface area contributed by atoms with Crippen molar-refractivity contribution < 1.29 is 13.2 Å². The number of piperazine rings is 1. The van der Waals surface area contributed by atoms with Crippen LogP contribution in [0, 0.1) is 13.8 Å². The zero-order valence-corrected chi connectivity index (χ0v) is 18.1. The monoisotopic (exact) mass is 413 g/mol. The fourth-order valence-corrected chi connectivity index (χ4v) is 4.27. The molecule has 1 aromatic rings. The van der Waals surface area contributed by atoms with Crippen LogP contribution in [0.3, 0.4) is 0 Å². The molecule has 0 saturated carbocycles. The zero-order valence-electron chi connectivity index (χ0n) is 16.4. The van der Waals surface area contributed by atoms with Crippen molar-refractivity contribution in [3.8, 4) is 0 Å². The van der Waals surface area contributed by atoms with Crippen LogP contribution in [0.4, 0.5) is 0 Å². The topological polar surface area (TPSA) is 83.7 Å². The Balaban J connectivity index is 2.16. The number of carbonyl (C=O) groups is 1. The Labute approximate surface area is 168 Å². The van der Waals surface area contributed by atoms with Gasteiger partial charge < -0.3 is 10.6 Å². The number of hydrogen-bond donors (Lipinski definition) is 2. The third-order valence-corrected chi connectivity index (χ3v) is 6.70. The molecule has 1 fully saturated rings. The SMILES string of the molecule is Cc1cccc(C(=O)N2CCN(CC(N)CS)C(CCS(C)(=O)=O)C2)c1C. The fourth-order valence-electron chi connectivity index (χ4n) is 3.45. The molecule has 27 heavy (non-hydrogen) atoms. The van der Waals surface area contributed by atoms with Crippen molar-refractivity contribution >= 4 is 28.4 Å². The lowest BCUT2D eigenvalue weighted by molar-refractivity contribution is 0.0464. The van der Waals surface area contributed by atoms with Crippen LogP contribution < -0.4 is 5.73 Å². The van der Waals surface area contributed by atoms with E-state index in [9.17, 15) is 13.2 Å². The third kappa shape index (κ3) is 6.20. The second-order valence-electron chi connectivity index (χ2n) is 7.51. The molecule has 1 heterocycles. The average molecular weight is 414 g/mol. The maximum Gasteiger partial charge on any atom is 0.254 e. The molecule has 0 aromatic heterocycles. The molecule has 1 aromatic carbocycles. The number of thiol groups is 1. The summed E-state index contributed by atoms with van der Waals surface area (Å²) in [6.45, 7) is 6.43. The van der Waals surface area contributed by atoms with Crippen molar-refractivity contribution in [1.82, 2.24) is 9.80 Å². The lowest BCUT2D eigenvalue weighted by Gasteiger charge is -2.42. The zero-order chi connectivity index (χ0) is 20.2. The van der Waals surface area contributed by atoms with E-state index in [4.69, 9.17) is 5.73 Å². The van der Waals surface area contributed by atoms with Gasteiger partial charge >= 0.3 is 0 Å². The van der Waals surface area contributed by atoms with Gasteiger partial charge in [-0.3, -0.25) is 9.69 Å². The summed E-state index contributed by atoms with van der Waals surface area (Å²) in [5.41, 5.74) is 8.86. The van der Waals surface area contributed by atoms with Gasteiger partial charge in [0.25, 0.3) is 5.91 Å². The van der Waals surface area contributed by atoms with Crippen LogP contribution in [0.15, 0.2) is 18.2 Å². The summed E-state index contributed by atoms with van der Waals surface area (Å²) >= 11 is 4.25. The Morgan fingerprint density at radius 1 is 1.33 bits per heavy atom. The van der Waals surface area contributed by atoms with E-state index < -0.39 is 9.84 Å². The molecule has 6 nitrogen and oxygen atoms in total. The van der Waals surface area contributed by atoms with E-state index >= 15 is 0 Å². The summed E-state index contributed by atoms with van der Waals surface area (Å²) in [4.78, 5) is 17.1. The van der Waals surface area contributed by atoms with Gasteiger partial charge in [-0.25, -0.2) is 8.42 Å². The number of rotatable bonds is 7. The molecule has 1 saturated heterocycles. The highest BCUT2D eigenvalue weighted by Gasteiger charge is 2.31. The van der Waals surface area contributed by atoms with E-state index in [0.717, 1.165) is 16.7 Å². The highest BCUT2D eigenvalue weighted by Crippen LogP contribution is 2.20. The average Bonchev–Trinajstić information content (AvgIpc) is 2.61. The lowest BCUT2D eigenvalue weighted by Crippen LogP contribution is -2.57. The van der Waals surface area contributed by atoms with Gasteiger partial charge in [-0.1, -0.05) is 12.1 Å². The molecule has 0 spiro atoms. The largest absolute Gasteiger partial charge is 0.336 e. The normalized spacial score (nSPS) is 19.9. The molecule has 8 heteroatoms. The molecular formula is C19H31N3O3S2. The van der Waals surface area contributed by atoms with Crippen LogP contribution in [0.25, 0.3) is 0 Å². The van der Waals surface area contributed by atoms with Crippen molar-refractivity contribution in [2.24, 2.45) is 5.73 Å². The molecule has 1 aliphatic rings. The van der Waals surface area contributed by atoms with Crippen LogP contribution >= 0.6 is 12.6 Å². The van der Waals surface area contributed by atoms with E-state index in [2.05, 4.69) is 17.5 Å². The summed E-state index contributed by atoms with van der Waals surface area (Å²) in [6.07, 6.45) is 1.74. The second kappa shape index (κ2) is 9.41. The molecule has 2 unspecified atom stereocenters. The molecule has 1 amide bonds. The number of sulfone groups is 1. The predicted molar refractivity (Wildman–Crippen MR) is 113 cm³/mol. The third-order valence-electron chi connectivity index (χ3n) is 5.25. The van der Waals surface area contributed by atoms with E-state index in [-0.39, 0.29) is 23.7 Å². The summed E-state index contributed by atoms with van der Waals surface area (Å²) in [5, 5.41) is 0. The summed E-state index contributed by atoms with van der Waals surface area (Å²) in [5.74, 6) is 0.689. The standard InChI is InChI=1S/C19H31N3O3S2/c1-14-5-4-6-18(15(14)2)19(23)22-9-8-21(11-16(20)13-26)17(12-22)7-10-27(3,24)25/h4-6,16-17,26H,7-13,20H2,1-3H3. The highest BCUT2D eigenvalue weighted by molar-refractivity contribution is 7.90. The maximum atomic E-state index is 13.1. The molecule has 2 atom stereocenters. The van der Waals surface area contributed by atoms with Gasteiger partial charge in [0.15, 0.2) is 0 Å². The second-order valence-corrected chi connectivity index (χ2v) is 10.1. The predicted octanol–water partition coefficient (Wildman–Crippen LogP) is 1.12. The minimum Gasteiger partial charge on any atom is -0.336 e. The first-order chi connectivity index (χ1) is 12.6. The molecule has 152 valence electrons. The van der Waals surface area contributed by atoms with E-state index in [1.54, 1.807) is 0 Å². The number of benzene rings is 1. The fraction of sp³-hybridized carbons (Fsp3) is 0.632. The first-order valence-corrected chi connectivity index (χ1v) is 12.0. The van der Waals surface area contributed by atoms with Crippen LogP contribution in [-0.4, -0.2) is 80.1 Å². The first-order valence-electron chi connectivity index (χ1n) is 9.26. The van der Waals surface area contributed by atoms with Gasteiger partial charge in [0.2, 0.25) is 0 Å². The molecule has 0 aliphatic carbocycles. The van der Waals surface area contributed by atoms with Gasteiger partial charge in [-0.05, 0) is 37.5 Å². The smallest absolute Gasteiger partial charge is 0.254 e. The minimum absolute atomic E-state index is 0.0127. The quantitative estimate of drug-likeness (QED) is 0.655. The number of carbonyl (C=O) groups excluding carboxylic acids is 1. The number of nitrogens with zero attached hydrogens (tertiary/aromatic N) is 2. The number of nitrogens with two attached hydrogens (primary N) is 1. The maximum absolute atomic E-state index is 13.1. The molecule has 0 radical (unpaired) electrons.